The van der Waals surface area contributed by atoms with E-state index >= 15 is 0 Å². The highest BCUT2D eigenvalue weighted by molar-refractivity contribution is 5.26. The SMILES string of the molecule is [CH2]c1ccc(Cc2ncc[nH]2)cc1. The van der Waals surface area contributed by atoms with Gasteiger partial charge in [0.1, 0.15) is 5.82 Å². The van der Waals surface area contributed by atoms with E-state index in [4.69, 9.17) is 0 Å². The van der Waals surface area contributed by atoms with Crippen LogP contribution in [0.5, 0.6) is 0 Å². The molecule has 0 atom stereocenters. The van der Waals surface area contributed by atoms with Gasteiger partial charge in [0.2, 0.25) is 0 Å². The summed E-state index contributed by atoms with van der Waals surface area (Å²) < 4.78 is 0. The number of imidazole rings is 1. The number of hydrogen-bond acceptors (Lipinski definition) is 1. The molecule has 1 N–H and O–H groups in total. The van der Waals surface area contributed by atoms with E-state index in [1.807, 2.05) is 18.3 Å². The highest BCUT2D eigenvalue weighted by atomic mass is 14.9. The molecule has 0 spiro atoms. The lowest BCUT2D eigenvalue weighted by Gasteiger charge is -1.98. The number of rotatable bonds is 2. The smallest absolute Gasteiger partial charge is 0.110 e. The Balaban J connectivity index is 2.15. The Labute approximate surface area is 77.6 Å². The topological polar surface area (TPSA) is 28.7 Å². The van der Waals surface area contributed by atoms with Crippen LogP contribution in [0.15, 0.2) is 36.7 Å². The van der Waals surface area contributed by atoms with Crippen molar-refractivity contribution in [2.45, 2.75) is 6.42 Å². The molecule has 2 heteroatoms. The minimum Gasteiger partial charge on any atom is -0.348 e. The molecule has 0 saturated heterocycles. The Morgan fingerprint density at radius 2 is 2.00 bits per heavy atom. The maximum atomic E-state index is 4.16. The van der Waals surface area contributed by atoms with Crippen LogP contribution in [0.1, 0.15) is 17.0 Å². The summed E-state index contributed by atoms with van der Waals surface area (Å²) in [5, 5.41) is 0. The zero-order valence-corrected chi connectivity index (χ0v) is 7.33. The minimum atomic E-state index is 0.854. The molecule has 1 radical (unpaired) electrons. The number of nitrogens with one attached hydrogen (secondary N) is 1. The van der Waals surface area contributed by atoms with Gasteiger partial charge in [-0.15, -0.1) is 0 Å². The molecule has 0 aliphatic carbocycles. The normalized spacial score (nSPS) is 10.2. The average Bonchev–Trinajstić information content (AvgIpc) is 2.62. The van der Waals surface area contributed by atoms with E-state index in [1.165, 1.54) is 5.56 Å². The highest BCUT2D eigenvalue weighted by Crippen LogP contribution is 2.06. The summed E-state index contributed by atoms with van der Waals surface area (Å²) in [5.41, 5.74) is 2.30. The number of nitrogens with zero attached hydrogens (tertiary/aromatic N) is 1. The molecule has 0 unspecified atom stereocenters. The quantitative estimate of drug-likeness (QED) is 0.737. The van der Waals surface area contributed by atoms with E-state index in [1.54, 1.807) is 6.20 Å². The van der Waals surface area contributed by atoms with Crippen molar-refractivity contribution in [3.8, 4) is 0 Å². The van der Waals surface area contributed by atoms with Gasteiger partial charge in [0.25, 0.3) is 0 Å². The molecule has 2 aromatic rings. The van der Waals surface area contributed by atoms with Crippen LogP contribution in [0.3, 0.4) is 0 Å². The van der Waals surface area contributed by atoms with Gasteiger partial charge >= 0.3 is 0 Å². The largest absolute Gasteiger partial charge is 0.348 e. The van der Waals surface area contributed by atoms with Gasteiger partial charge in [-0.3, -0.25) is 0 Å². The summed E-state index contributed by atoms with van der Waals surface area (Å²) >= 11 is 0. The summed E-state index contributed by atoms with van der Waals surface area (Å²) in [5.74, 6) is 0.997. The van der Waals surface area contributed by atoms with Crippen LogP contribution >= 0.6 is 0 Å². The molecule has 13 heavy (non-hydrogen) atoms. The first kappa shape index (κ1) is 8.05. The molecule has 0 amide bonds. The van der Waals surface area contributed by atoms with E-state index < -0.39 is 0 Å². The van der Waals surface area contributed by atoms with Gasteiger partial charge in [0.15, 0.2) is 0 Å². The van der Waals surface area contributed by atoms with E-state index in [0.29, 0.717) is 0 Å². The Kier molecular flexibility index (Phi) is 2.13. The fraction of sp³-hybridized carbons (Fsp3) is 0.0909. The summed E-state index contributed by atoms with van der Waals surface area (Å²) in [7, 11) is 0. The van der Waals surface area contributed by atoms with Crippen molar-refractivity contribution in [1.82, 2.24) is 9.97 Å². The molecule has 1 heterocycles. The summed E-state index contributed by atoms with van der Waals surface area (Å²) in [6.45, 7) is 3.84. The van der Waals surface area contributed by atoms with Crippen molar-refractivity contribution >= 4 is 0 Å². The summed E-state index contributed by atoms with van der Waals surface area (Å²) in [6.07, 6.45) is 4.46. The predicted octanol–water partition coefficient (Wildman–Crippen LogP) is 2.18. The van der Waals surface area contributed by atoms with Crippen molar-refractivity contribution < 1.29 is 0 Å². The van der Waals surface area contributed by atoms with Crippen LogP contribution < -0.4 is 0 Å². The van der Waals surface area contributed by atoms with Crippen molar-refractivity contribution in [2.24, 2.45) is 0 Å². The maximum absolute atomic E-state index is 4.16. The molecule has 1 aromatic carbocycles. The van der Waals surface area contributed by atoms with Gasteiger partial charge in [-0.05, 0) is 18.1 Å². The lowest BCUT2D eigenvalue weighted by atomic mass is 10.1. The number of H-pyrrole nitrogens is 1. The van der Waals surface area contributed by atoms with Crippen molar-refractivity contribution in [3.05, 3.63) is 60.5 Å². The van der Waals surface area contributed by atoms with Crippen molar-refractivity contribution in [3.63, 3.8) is 0 Å². The molecule has 0 saturated carbocycles. The molecule has 65 valence electrons. The number of aromatic nitrogens is 2. The van der Waals surface area contributed by atoms with Crippen LogP contribution in [-0.4, -0.2) is 9.97 Å². The van der Waals surface area contributed by atoms with Crippen molar-refractivity contribution in [2.75, 3.05) is 0 Å². The second-order valence-electron chi connectivity index (χ2n) is 3.03. The van der Waals surface area contributed by atoms with Gasteiger partial charge in [0, 0.05) is 18.8 Å². The third-order valence-corrected chi connectivity index (χ3v) is 1.95. The standard InChI is InChI=1S/C11H11N2/c1-9-2-4-10(5-3-9)8-11-12-6-7-13-11/h2-7H,1,8H2,(H,12,13). The second kappa shape index (κ2) is 3.44. The van der Waals surface area contributed by atoms with E-state index in [9.17, 15) is 0 Å². The van der Waals surface area contributed by atoms with Gasteiger partial charge in [0.05, 0.1) is 0 Å². The van der Waals surface area contributed by atoms with Crippen LogP contribution in [0.25, 0.3) is 0 Å². The fourth-order valence-corrected chi connectivity index (χ4v) is 1.25. The zero-order chi connectivity index (χ0) is 9.10. The number of benzene rings is 1. The molecule has 0 bridgehead atoms. The van der Waals surface area contributed by atoms with E-state index in [0.717, 1.165) is 17.8 Å². The maximum Gasteiger partial charge on any atom is 0.110 e. The van der Waals surface area contributed by atoms with E-state index in [-0.39, 0.29) is 0 Å². The molecule has 0 aliphatic heterocycles. The molecule has 0 aliphatic rings. The molecular formula is C11H11N2. The van der Waals surface area contributed by atoms with Gasteiger partial charge in [-0.1, -0.05) is 24.3 Å². The summed E-state index contributed by atoms with van der Waals surface area (Å²) in [4.78, 5) is 7.24. The van der Waals surface area contributed by atoms with Crippen LogP contribution in [0, 0.1) is 6.92 Å². The first-order valence-corrected chi connectivity index (χ1v) is 4.24. The van der Waals surface area contributed by atoms with E-state index in [2.05, 4.69) is 29.0 Å². The predicted molar refractivity (Wildman–Crippen MR) is 52.3 cm³/mol. The van der Waals surface area contributed by atoms with Crippen LogP contribution in [0.2, 0.25) is 0 Å². The zero-order valence-electron chi connectivity index (χ0n) is 7.33. The third-order valence-electron chi connectivity index (χ3n) is 1.95. The average molecular weight is 171 g/mol. The number of hydrogen-bond donors (Lipinski definition) is 1. The Morgan fingerprint density at radius 3 is 2.62 bits per heavy atom. The first-order valence-electron chi connectivity index (χ1n) is 4.24. The minimum absolute atomic E-state index is 0.854. The Hall–Kier alpha value is -1.57. The van der Waals surface area contributed by atoms with Gasteiger partial charge in [-0.25, -0.2) is 4.98 Å². The lowest BCUT2D eigenvalue weighted by Crippen LogP contribution is -1.89. The molecule has 0 fully saturated rings. The lowest BCUT2D eigenvalue weighted by molar-refractivity contribution is 1.03. The molecular weight excluding hydrogens is 160 g/mol. The molecule has 2 rings (SSSR count). The van der Waals surface area contributed by atoms with Crippen LogP contribution in [0.4, 0.5) is 0 Å². The van der Waals surface area contributed by atoms with Crippen LogP contribution in [-0.2, 0) is 6.42 Å². The fourth-order valence-electron chi connectivity index (χ4n) is 1.25. The monoisotopic (exact) mass is 171 g/mol. The summed E-state index contributed by atoms with van der Waals surface area (Å²) in [6, 6.07) is 8.17. The molecule has 2 nitrogen and oxygen atoms in total. The third kappa shape index (κ3) is 1.96. The second-order valence-corrected chi connectivity index (χ2v) is 3.03. The Morgan fingerprint density at radius 1 is 1.23 bits per heavy atom. The Bertz CT molecular complexity index is 359. The van der Waals surface area contributed by atoms with Gasteiger partial charge in [-0.2, -0.15) is 0 Å². The highest BCUT2D eigenvalue weighted by Gasteiger charge is 1.96. The number of aromatic amines is 1. The van der Waals surface area contributed by atoms with Crippen molar-refractivity contribution in [1.29, 1.82) is 0 Å². The van der Waals surface area contributed by atoms with Gasteiger partial charge < -0.3 is 4.98 Å². The molecule has 1 aromatic heterocycles. The first-order chi connectivity index (χ1) is 6.34.